The molecule has 174 valence electrons. The Bertz CT molecular complexity index is 686. The smallest absolute Gasteiger partial charge is 0.313 e. The van der Waals surface area contributed by atoms with Crippen molar-refractivity contribution < 1.29 is 19.4 Å². The highest BCUT2D eigenvalue weighted by Gasteiger charge is 2.55. The van der Waals surface area contributed by atoms with Gasteiger partial charge in [0.15, 0.2) is 0 Å². The molecule has 0 saturated heterocycles. The number of carbonyl (C=O) groups is 2. The number of hydrogen-bond acceptors (Lipinski definition) is 3. The minimum atomic E-state index is -0.932. The molecule has 2 rings (SSSR count). The fourth-order valence-corrected chi connectivity index (χ4v) is 5.65. The van der Waals surface area contributed by atoms with Gasteiger partial charge in [0.1, 0.15) is 6.10 Å². The van der Waals surface area contributed by atoms with E-state index < -0.39 is 17.3 Å². The van der Waals surface area contributed by atoms with Crippen molar-refractivity contribution in [3.8, 4) is 0 Å². The molecule has 0 spiro atoms. The second-order valence-electron chi connectivity index (χ2n) is 9.65. The van der Waals surface area contributed by atoms with Crippen molar-refractivity contribution in [1.82, 2.24) is 0 Å². The average Bonchev–Trinajstić information content (AvgIpc) is 2.74. The van der Waals surface area contributed by atoms with Crippen LogP contribution in [0.2, 0.25) is 0 Å². The number of benzene rings is 1. The summed E-state index contributed by atoms with van der Waals surface area (Å²) >= 11 is 0. The molecule has 1 aromatic carbocycles. The summed E-state index contributed by atoms with van der Waals surface area (Å²) in [5.41, 5.74) is 0.00766. The maximum absolute atomic E-state index is 13.7. The SMILES string of the molecule is CCCCCC(CCC)CC1(C(=O)OC(C)c2ccccc2)CCCC(C)C1C(=O)O. The molecule has 0 amide bonds. The Morgan fingerprint density at radius 2 is 1.84 bits per heavy atom. The van der Waals surface area contributed by atoms with Crippen LogP contribution < -0.4 is 0 Å². The first-order chi connectivity index (χ1) is 14.9. The van der Waals surface area contributed by atoms with Crippen molar-refractivity contribution in [2.24, 2.45) is 23.2 Å². The molecule has 1 aliphatic carbocycles. The summed E-state index contributed by atoms with van der Waals surface area (Å²) in [7, 11) is 0. The number of hydrogen-bond donors (Lipinski definition) is 1. The highest BCUT2D eigenvalue weighted by atomic mass is 16.5. The van der Waals surface area contributed by atoms with Crippen LogP contribution in [0.5, 0.6) is 0 Å². The summed E-state index contributed by atoms with van der Waals surface area (Å²) in [6.45, 7) is 8.25. The van der Waals surface area contributed by atoms with Crippen LogP contribution in [0.4, 0.5) is 0 Å². The van der Waals surface area contributed by atoms with E-state index in [9.17, 15) is 14.7 Å². The van der Waals surface area contributed by atoms with Crippen molar-refractivity contribution in [2.45, 2.75) is 98.0 Å². The number of rotatable bonds is 12. The van der Waals surface area contributed by atoms with E-state index in [-0.39, 0.29) is 18.0 Å². The van der Waals surface area contributed by atoms with Gasteiger partial charge >= 0.3 is 11.9 Å². The van der Waals surface area contributed by atoms with Gasteiger partial charge in [0.2, 0.25) is 0 Å². The van der Waals surface area contributed by atoms with Crippen molar-refractivity contribution in [2.75, 3.05) is 0 Å². The zero-order valence-electron chi connectivity index (χ0n) is 19.9. The average molecular weight is 431 g/mol. The molecule has 4 nitrogen and oxygen atoms in total. The van der Waals surface area contributed by atoms with Crippen molar-refractivity contribution in [3.63, 3.8) is 0 Å². The molecule has 31 heavy (non-hydrogen) atoms. The molecule has 1 N–H and O–H groups in total. The lowest BCUT2D eigenvalue weighted by molar-refractivity contribution is -0.180. The number of aliphatic carboxylic acids is 1. The van der Waals surface area contributed by atoms with E-state index >= 15 is 0 Å². The van der Waals surface area contributed by atoms with Gasteiger partial charge < -0.3 is 9.84 Å². The molecule has 1 aromatic rings. The Kier molecular flexibility index (Phi) is 10.1. The molecule has 1 saturated carbocycles. The third-order valence-electron chi connectivity index (χ3n) is 7.24. The van der Waals surface area contributed by atoms with Gasteiger partial charge in [-0.3, -0.25) is 9.59 Å². The summed E-state index contributed by atoms with van der Waals surface area (Å²) in [5, 5.41) is 10.2. The maximum atomic E-state index is 13.7. The van der Waals surface area contributed by atoms with E-state index in [1.54, 1.807) is 0 Å². The minimum Gasteiger partial charge on any atom is -0.481 e. The summed E-state index contributed by atoms with van der Waals surface area (Å²) in [4.78, 5) is 26.2. The highest BCUT2D eigenvalue weighted by molar-refractivity contribution is 5.85. The first-order valence-electron chi connectivity index (χ1n) is 12.3. The lowest BCUT2D eigenvalue weighted by atomic mass is 9.58. The van der Waals surface area contributed by atoms with Gasteiger partial charge in [-0.2, -0.15) is 0 Å². The van der Waals surface area contributed by atoms with Crippen molar-refractivity contribution in [1.29, 1.82) is 0 Å². The fourth-order valence-electron chi connectivity index (χ4n) is 5.65. The van der Waals surface area contributed by atoms with Gasteiger partial charge in [-0.15, -0.1) is 0 Å². The largest absolute Gasteiger partial charge is 0.481 e. The van der Waals surface area contributed by atoms with Crippen LogP contribution in [0.1, 0.15) is 104 Å². The van der Waals surface area contributed by atoms with Crippen LogP contribution in [0.15, 0.2) is 30.3 Å². The normalized spacial score (nSPS) is 25.5. The maximum Gasteiger partial charge on any atom is 0.313 e. The van der Waals surface area contributed by atoms with Crippen molar-refractivity contribution in [3.05, 3.63) is 35.9 Å². The van der Waals surface area contributed by atoms with E-state index in [1.807, 2.05) is 44.2 Å². The third kappa shape index (κ3) is 6.57. The lowest BCUT2D eigenvalue weighted by Crippen LogP contribution is -2.50. The zero-order chi connectivity index (χ0) is 22.9. The lowest BCUT2D eigenvalue weighted by Gasteiger charge is -2.45. The minimum absolute atomic E-state index is 0.0243. The van der Waals surface area contributed by atoms with Crippen LogP contribution in [0, 0.1) is 23.2 Å². The Labute approximate surface area is 188 Å². The van der Waals surface area contributed by atoms with Gasteiger partial charge in [0.05, 0.1) is 11.3 Å². The standard InChI is InChI=1S/C27H42O4/c1-5-7-9-15-22(13-6-2)19-27(18-12-14-20(3)24(27)25(28)29)26(30)31-21(4)23-16-10-8-11-17-23/h8,10-11,16-17,20-22,24H,5-7,9,12-15,18-19H2,1-4H3,(H,28,29). The van der Waals surface area contributed by atoms with Gasteiger partial charge in [0, 0.05) is 0 Å². The van der Waals surface area contributed by atoms with Gasteiger partial charge in [-0.05, 0) is 43.6 Å². The fraction of sp³-hybridized carbons (Fsp3) is 0.704. The zero-order valence-corrected chi connectivity index (χ0v) is 19.9. The Hall–Kier alpha value is -1.84. The van der Waals surface area contributed by atoms with E-state index in [0.717, 1.165) is 50.5 Å². The molecule has 0 aliphatic heterocycles. The molecule has 0 heterocycles. The number of unbranched alkanes of at least 4 members (excludes halogenated alkanes) is 2. The van der Waals surface area contributed by atoms with E-state index in [0.29, 0.717) is 18.8 Å². The Balaban J connectivity index is 2.34. The second kappa shape index (κ2) is 12.3. The molecule has 5 atom stereocenters. The molecular weight excluding hydrogens is 388 g/mol. The third-order valence-corrected chi connectivity index (χ3v) is 7.24. The van der Waals surface area contributed by atoms with Gasteiger partial charge in [0.25, 0.3) is 0 Å². The van der Waals surface area contributed by atoms with Crippen LogP contribution >= 0.6 is 0 Å². The van der Waals surface area contributed by atoms with Crippen molar-refractivity contribution >= 4 is 11.9 Å². The van der Waals surface area contributed by atoms with E-state index in [2.05, 4.69) is 13.8 Å². The Morgan fingerprint density at radius 1 is 1.13 bits per heavy atom. The van der Waals surface area contributed by atoms with Gasteiger partial charge in [-0.25, -0.2) is 0 Å². The molecule has 0 bridgehead atoms. The quantitative estimate of drug-likeness (QED) is 0.282. The van der Waals surface area contributed by atoms with Gasteiger partial charge in [-0.1, -0.05) is 96.0 Å². The van der Waals surface area contributed by atoms with Crippen LogP contribution in [-0.4, -0.2) is 17.0 Å². The predicted molar refractivity (Wildman–Crippen MR) is 125 cm³/mol. The molecule has 5 unspecified atom stereocenters. The monoisotopic (exact) mass is 430 g/mol. The van der Waals surface area contributed by atoms with E-state index in [4.69, 9.17) is 4.74 Å². The number of carboxylic acid groups (broad SMARTS) is 1. The van der Waals surface area contributed by atoms with E-state index in [1.165, 1.54) is 6.42 Å². The second-order valence-corrected chi connectivity index (χ2v) is 9.65. The number of esters is 1. The van der Waals surface area contributed by atoms with Crippen LogP contribution in [0.3, 0.4) is 0 Å². The Morgan fingerprint density at radius 3 is 2.45 bits per heavy atom. The predicted octanol–water partition coefficient (Wildman–Crippen LogP) is 7.18. The van der Waals surface area contributed by atoms with Crippen LogP contribution in [0.25, 0.3) is 0 Å². The summed E-state index contributed by atoms with van der Waals surface area (Å²) in [6, 6.07) is 9.71. The molecule has 0 radical (unpaired) electrons. The summed E-state index contributed by atoms with van der Waals surface area (Å²) < 4.78 is 6.01. The molecule has 4 heteroatoms. The first kappa shape index (κ1) is 25.4. The topological polar surface area (TPSA) is 63.6 Å². The number of carboxylic acids is 1. The van der Waals surface area contributed by atoms with Crippen LogP contribution in [-0.2, 0) is 14.3 Å². The summed E-state index contributed by atoms with van der Waals surface area (Å²) in [6.07, 6.45) is 9.23. The number of ether oxygens (including phenoxy) is 1. The molecule has 0 aromatic heterocycles. The first-order valence-corrected chi connectivity index (χ1v) is 12.3. The molecule has 1 aliphatic rings. The highest BCUT2D eigenvalue weighted by Crippen LogP contribution is 2.51. The summed E-state index contributed by atoms with van der Waals surface area (Å²) in [5.74, 6) is -1.49. The number of carbonyl (C=O) groups excluding carboxylic acids is 1. The molecule has 1 fully saturated rings. The molecular formula is C27H42O4.